The first-order valence-electron chi connectivity index (χ1n) is 5.71. The van der Waals surface area contributed by atoms with Crippen LogP contribution >= 0.6 is 11.8 Å². The van der Waals surface area contributed by atoms with E-state index < -0.39 is 10.9 Å². The Balaban J connectivity index is 2.96. The summed E-state index contributed by atoms with van der Waals surface area (Å²) in [5.74, 6) is -0.291. The summed E-state index contributed by atoms with van der Waals surface area (Å²) in [7, 11) is 0. The molecular weight excluding hydrogens is 280 g/mol. The summed E-state index contributed by atoms with van der Waals surface area (Å²) >= 11 is 0.926. The molecule has 0 atom stereocenters. The lowest BCUT2D eigenvalue weighted by molar-refractivity contribution is -0.384. The van der Waals surface area contributed by atoms with Gasteiger partial charge in [0, 0.05) is 23.5 Å². The third-order valence-electron chi connectivity index (χ3n) is 2.27. The maximum atomic E-state index is 11.7. The second kappa shape index (κ2) is 7.96. The zero-order valence-electron chi connectivity index (χ0n) is 10.7. The summed E-state index contributed by atoms with van der Waals surface area (Å²) in [5, 5.41) is 21.0. The minimum absolute atomic E-state index is 0.0220. The summed E-state index contributed by atoms with van der Waals surface area (Å²) in [5.41, 5.74) is 0.954. The maximum absolute atomic E-state index is 11.7. The van der Waals surface area contributed by atoms with Crippen molar-refractivity contribution in [2.75, 3.05) is 12.4 Å². The second-order valence-electron chi connectivity index (χ2n) is 3.62. The number of nitrogens with zero attached hydrogens (tertiary/aromatic N) is 2. The Bertz CT molecular complexity index is 561. The summed E-state index contributed by atoms with van der Waals surface area (Å²) < 4.78 is 4.90. The van der Waals surface area contributed by atoms with Crippen LogP contribution in [0.2, 0.25) is 0 Å². The van der Waals surface area contributed by atoms with Crippen LogP contribution in [0.1, 0.15) is 12.5 Å². The Labute approximate surface area is 120 Å². The summed E-state index contributed by atoms with van der Waals surface area (Å²) in [4.78, 5) is 21.8. The molecule has 6 nitrogen and oxygen atoms in total. The van der Waals surface area contributed by atoms with E-state index in [9.17, 15) is 14.9 Å². The SMILES string of the molecule is CCOC(=O)/C(=C/c1ccc([N+](=O)[O-])cc1)CSC#N. The Morgan fingerprint density at radius 3 is 2.65 bits per heavy atom. The van der Waals surface area contributed by atoms with Gasteiger partial charge in [-0.1, -0.05) is 0 Å². The molecule has 0 aliphatic carbocycles. The van der Waals surface area contributed by atoms with Gasteiger partial charge in [0.05, 0.1) is 11.5 Å². The Morgan fingerprint density at radius 1 is 1.50 bits per heavy atom. The van der Waals surface area contributed by atoms with Crippen molar-refractivity contribution < 1.29 is 14.5 Å². The van der Waals surface area contributed by atoms with Crippen molar-refractivity contribution in [3.05, 3.63) is 45.5 Å². The maximum Gasteiger partial charge on any atom is 0.334 e. The molecule has 104 valence electrons. The number of hydrogen-bond donors (Lipinski definition) is 0. The highest BCUT2D eigenvalue weighted by molar-refractivity contribution is 8.03. The minimum atomic E-state index is -0.495. The molecule has 20 heavy (non-hydrogen) atoms. The molecule has 1 aromatic rings. The average Bonchev–Trinajstić information content (AvgIpc) is 2.44. The first-order chi connectivity index (χ1) is 9.58. The molecular formula is C13H12N2O4S. The predicted molar refractivity (Wildman–Crippen MR) is 75.8 cm³/mol. The molecule has 0 fully saturated rings. The van der Waals surface area contributed by atoms with Crippen LogP contribution in [-0.4, -0.2) is 23.3 Å². The molecule has 0 aliphatic heterocycles. The third kappa shape index (κ3) is 4.74. The molecule has 0 amide bonds. The number of non-ortho nitro benzene ring substituents is 1. The molecule has 0 saturated heterocycles. The van der Waals surface area contributed by atoms with E-state index in [0.717, 1.165) is 11.8 Å². The summed E-state index contributed by atoms with van der Waals surface area (Å²) in [6.07, 6.45) is 1.56. The molecule has 0 N–H and O–H groups in total. The normalized spacial score (nSPS) is 10.7. The Kier molecular flexibility index (Phi) is 6.26. The minimum Gasteiger partial charge on any atom is -0.463 e. The van der Waals surface area contributed by atoms with Gasteiger partial charge in [-0.3, -0.25) is 10.1 Å². The van der Waals surface area contributed by atoms with E-state index in [0.29, 0.717) is 11.1 Å². The van der Waals surface area contributed by atoms with Gasteiger partial charge in [-0.05, 0) is 42.5 Å². The molecule has 7 heteroatoms. The second-order valence-corrected chi connectivity index (χ2v) is 4.38. The Hall–Kier alpha value is -2.33. The van der Waals surface area contributed by atoms with Crippen molar-refractivity contribution in [1.82, 2.24) is 0 Å². The van der Waals surface area contributed by atoms with E-state index in [2.05, 4.69) is 0 Å². The van der Waals surface area contributed by atoms with Crippen LogP contribution in [-0.2, 0) is 9.53 Å². The number of nitriles is 1. The molecule has 1 aromatic carbocycles. The first kappa shape index (κ1) is 15.7. The van der Waals surface area contributed by atoms with Crippen molar-refractivity contribution in [3.8, 4) is 5.40 Å². The molecule has 0 spiro atoms. The lowest BCUT2D eigenvalue weighted by Crippen LogP contribution is -2.09. The van der Waals surface area contributed by atoms with Gasteiger partial charge in [-0.15, -0.1) is 0 Å². The molecule has 0 aromatic heterocycles. The highest BCUT2D eigenvalue weighted by atomic mass is 32.2. The number of esters is 1. The number of rotatable bonds is 6. The largest absolute Gasteiger partial charge is 0.463 e. The zero-order chi connectivity index (χ0) is 15.0. The van der Waals surface area contributed by atoms with E-state index in [1.807, 2.05) is 5.40 Å². The molecule has 0 aliphatic rings. The number of benzene rings is 1. The molecule has 0 heterocycles. The number of thioether (sulfide) groups is 1. The monoisotopic (exact) mass is 292 g/mol. The van der Waals surface area contributed by atoms with E-state index >= 15 is 0 Å². The summed E-state index contributed by atoms with van der Waals surface area (Å²) in [6, 6.07) is 5.78. The van der Waals surface area contributed by atoms with Crippen LogP contribution in [0.5, 0.6) is 0 Å². The van der Waals surface area contributed by atoms with Gasteiger partial charge in [0.2, 0.25) is 0 Å². The number of nitro groups is 1. The molecule has 0 saturated carbocycles. The fourth-order valence-electron chi connectivity index (χ4n) is 1.39. The fourth-order valence-corrected chi connectivity index (χ4v) is 1.81. The van der Waals surface area contributed by atoms with Gasteiger partial charge in [0.15, 0.2) is 0 Å². The van der Waals surface area contributed by atoms with Crippen LogP contribution < -0.4 is 0 Å². The highest BCUT2D eigenvalue weighted by Crippen LogP contribution is 2.17. The van der Waals surface area contributed by atoms with Crippen molar-refractivity contribution >= 4 is 29.5 Å². The van der Waals surface area contributed by atoms with Crippen LogP contribution in [0.4, 0.5) is 5.69 Å². The van der Waals surface area contributed by atoms with Crippen LogP contribution in [0.25, 0.3) is 6.08 Å². The number of ether oxygens (including phenoxy) is 1. The van der Waals surface area contributed by atoms with E-state index in [4.69, 9.17) is 10.00 Å². The highest BCUT2D eigenvalue weighted by Gasteiger charge is 2.11. The molecule has 0 bridgehead atoms. The summed E-state index contributed by atoms with van der Waals surface area (Å²) in [6.45, 7) is 1.94. The fraction of sp³-hybridized carbons (Fsp3) is 0.231. The smallest absolute Gasteiger partial charge is 0.334 e. The van der Waals surface area contributed by atoms with E-state index in [-0.39, 0.29) is 18.0 Å². The lowest BCUT2D eigenvalue weighted by atomic mass is 10.1. The number of thiocyanates is 1. The van der Waals surface area contributed by atoms with Gasteiger partial charge >= 0.3 is 5.97 Å². The number of carbonyl (C=O) groups is 1. The van der Waals surface area contributed by atoms with Crippen LogP contribution in [0, 0.1) is 20.8 Å². The molecule has 0 unspecified atom stereocenters. The van der Waals surface area contributed by atoms with Gasteiger partial charge < -0.3 is 4.74 Å². The van der Waals surface area contributed by atoms with Gasteiger partial charge in [-0.25, -0.2) is 4.79 Å². The van der Waals surface area contributed by atoms with Crippen molar-refractivity contribution in [1.29, 1.82) is 5.26 Å². The van der Waals surface area contributed by atoms with Crippen LogP contribution in [0.15, 0.2) is 29.8 Å². The standard InChI is InChI=1S/C13H12N2O4S/c1-2-19-13(16)11(8-20-9-14)7-10-3-5-12(6-4-10)15(17)18/h3-7H,2,8H2,1H3/b11-7+. The number of nitro benzene ring substituents is 1. The Morgan fingerprint density at radius 2 is 2.15 bits per heavy atom. The number of carbonyl (C=O) groups excluding carboxylic acids is 1. The first-order valence-corrected chi connectivity index (χ1v) is 6.70. The predicted octanol–water partition coefficient (Wildman–Crippen LogP) is 2.76. The quantitative estimate of drug-likeness (QED) is 0.263. The van der Waals surface area contributed by atoms with Gasteiger partial charge in [0.25, 0.3) is 5.69 Å². The topological polar surface area (TPSA) is 93.2 Å². The van der Waals surface area contributed by atoms with E-state index in [1.54, 1.807) is 13.0 Å². The third-order valence-corrected chi connectivity index (χ3v) is 2.86. The zero-order valence-corrected chi connectivity index (χ0v) is 11.6. The van der Waals surface area contributed by atoms with Gasteiger partial charge in [0.1, 0.15) is 5.40 Å². The molecule has 0 radical (unpaired) electrons. The molecule has 1 rings (SSSR count). The van der Waals surface area contributed by atoms with Crippen molar-refractivity contribution in [2.45, 2.75) is 6.92 Å². The lowest BCUT2D eigenvalue weighted by Gasteiger charge is -2.04. The van der Waals surface area contributed by atoms with Crippen molar-refractivity contribution in [3.63, 3.8) is 0 Å². The number of hydrogen-bond acceptors (Lipinski definition) is 6. The van der Waals surface area contributed by atoms with Gasteiger partial charge in [-0.2, -0.15) is 5.26 Å². The van der Waals surface area contributed by atoms with Crippen LogP contribution in [0.3, 0.4) is 0 Å². The van der Waals surface area contributed by atoms with E-state index in [1.165, 1.54) is 24.3 Å². The average molecular weight is 292 g/mol. The van der Waals surface area contributed by atoms with Crippen molar-refractivity contribution in [2.24, 2.45) is 0 Å².